The fourth-order valence-corrected chi connectivity index (χ4v) is 0.295. The maximum Gasteiger partial charge on any atom is 0.0658 e. The van der Waals surface area contributed by atoms with Crippen molar-refractivity contribution in [3.63, 3.8) is 0 Å². The summed E-state index contributed by atoms with van der Waals surface area (Å²) < 4.78 is 4.90. The smallest absolute Gasteiger partial charge is 0.0658 e. The summed E-state index contributed by atoms with van der Waals surface area (Å²) in [6.45, 7) is 3.32. The third-order valence-corrected chi connectivity index (χ3v) is 0.685. The Labute approximate surface area is 48.9 Å². The van der Waals surface area contributed by atoms with E-state index in [0.29, 0.717) is 6.61 Å². The molecule has 0 saturated carbocycles. The normalized spacial score (nSPS) is 10.6. The molecule has 0 N–H and O–H groups in total. The molecule has 0 aliphatic rings. The number of ether oxygens (including phenoxy) is 1. The lowest BCUT2D eigenvalue weighted by Crippen LogP contribution is -1.86. The fraction of sp³-hybridized carbons (Fsp3) is 0.600. The molecule has 0 saturated heterocycles. The molecule has 0 radical (unpaired) electrons. The first-order valence-corrected chi connectivity index (χ1v) is 2.68. The van der Waals surface area contributed by atoms with Crippen molar-refractivity contribution in [2.45, 2.75) is 6.92 Å². The number of rotatable bonds is 3. The van der Waals surface area contributed by atoms with Gasteiger partial charge in [0.15, 0.2) is 0 Å². The second kappa shape index (κ2) is 5.99. The van der Waals surface area contributed by atoms with Crippen molar-refractivity contribution in [3.8, 4) is 0 Å². The molecule has 0 fully saturated rings. The van der Waals surface area contributed by atoms with Crippen LogP contribution < -0.4 is 0 Å². The van der Waals surface area contributed by atoms with E-state index in [9.17, 15) is 0 Å². The molecule has 0 bridgehead atoms. The largest absolute Gasteiger partial charge is 0.378 e. The van der Waals surface area contributed by atoms with Crippen LogP contribution in [0.2, 0.25) is 0 Å². The minimum atomic E-state index is 0.625. The quantitative estimate of drug-likeness (QED) is 0.516. The Morgan fingerprint density at radius 3 is 2.86 bits per heavy atom. The number of hydrogen-bond donors (Lipinski definition) is 0. The molecule has 0 amide bonds. The SMILES string of the molecule is CCOC/C=C/Cl. The standard InChI is InChI=1S/C5H9ClO/c1-2-7-5-3-4-6/h3-4H,2,5H2,1H3/b4-3+. The molecule has 42 valence electrons. The van der Waals surface area contributed by atoms with E-state index in [1.807, 2.05) is 6.92 Å². The predicted octanol–water partition coefficient (Wildman–Crippen LogP) is 1.78. The lowest BCUT2D eigenvalue weighted by Gasteiger charge is -1.89. The van der Waals surface area contributed by atoms with Crippen molar-refractivity contribution < 1.29 is 4.74 Å². The third-order valence-electron chi connectivity index (χ3n) is 0.507. The molecular weight excluding hydrogens is 112 g/mol. The van der Waals surface area contributed by atoms with Gasteiger partial charge in [-0.3, -0.25) is 0 Å². The van der Waals surface area contributed by atoms with Crippen LogP contribution in [0.3, 0.4) is 0 Å². The van der Waals surface area contributed by atoms with E-state index in [1.54, 1.807) is 6.08 Å². The second-order valence-corrected chi connectivity index (χ2v) is 1.27. The van der Waals surface area contributed by atoms with Gasteiger partial charge in [-0.05, 0) is 13.0 Å². The third kappa shape index (κ3) is 5.99. The maximum absolute atomic E-state index is 5.18. The molecule has 2 heteroatoms. The molecule has 0 heterocycles. The van der Waals surface area contributed by atoms with Gasteiger partial charge in [0.1, 0.15) is 0 Å². The summed E-state index contributed by atoms with van der Waals surface area (Å²) in [5.41, 5.74) is 1.45. The van der Waals surface area contributed by atoms with Crippen LogP contribution in [0.25, 0.3) is 0 Å². The van der Waals surface area contributed by atoms with Crippen molar-refractivity contribution in [3.05, 3.63) is 11.6 Å². The lowest BCUT2D eigenvalue weighted by molar-refractivity contribution is 0.177. The van der Waals surface area contributed by atoms with Crippen LogP contribution in [-0.2, 0) is 4.74 Å². The molecule has 0 rings (SSSR count). The minimum absolute atomic E-state index is 0.625. The molecule has 0 atom stereocenters. The van der Waals surface area contributed by atoms with E-state index >= 15 is 0 Å². The van der Waals surface area contributed by atoms with Crippen LogP contribution in [0.5, 0.6) is 0 Å². The minimum Gasteiger partial charge on any atom is -0.378 e. The summed E-state index contributed by atoms with van der Waals surface area (Å²) in [6, 6.07) is 0. The summed E-state index contributed by atoms with van der Waals surface area (Å²) in [5.74, 6) is 0. The molecule has 0 spiro atoms. The molecule has 0 aromatic heterocycles. The van der Waals surface area contributed by atoms with Crippen LogP contribution in [-0.4, -0.2) is 13.2 Å². The average molecular weight is 121 g/mol. The fourth-order valence-electron chi connectivity index (χ4n) is 0.222. The number of halogens is 1. The summed E-state index contributed by atoms with van der Waals surface area (Å²) in [7, 11) is 0. The first-order valence-electron chi connectivity index (χ1n) is 2.24. The van der Waals surface area contributed by atoms with Crippen LogP contribution in [0.15, 0.2) is 11.6 Å². The highest BCUT2D eigenvalue weighted by molar-refractivity contribution is 6.25. The van der Waals surface area contributed by atoms with E-state index in [1.165, 1.54) is 5.54 Å². The van der Waals surface area contributed by atoms with Gasteiger partial charge in [0.25, 0.3) is 0 Å². The topological polar surface area (TPSA) is 9.23 Å². The Morgan fingerprint density at radius 1 is 1.71 bits per heavy atom. The summed E-state index contributed by atoms with van der Waals surface area (Å²) >= 11 is 5.18. The first kappa shape index (κ1) is 6.99. The van der Waals surface area contributed by atoms with Gasteiger partial charge in [0.2, 0.25) is 0 Å². The number of hydrogen-bond acceptors (Lipinski definition) is 1. The molecular formula is C5H9ClO. The van der Waals surface area contributed by atoms with Crippen LogP contribution in [0.1, 0.15) is 6.92 Å². The molecule has 0 aromatic carbocycles. The van der Waals surface area contributed by atoms with Crippen LogP contribution >= 0.6 is 11.6 Å². The van der Waals surface area contributed by atoms with E-state index in [0.717, 1.165) is 6.61 Å². The monoisotopic (exact) mass is 120 g/mol. The Bertz CT molecular complexity index is 52.0. The Kier molecular flexibility index (Phi) is 5.98. The molecule has 7 heavy (non-hydrogen) atoms. The van der Waals surface area contributed by atoms with Crippen LogP contribution in [0.4, 0.5) is 0 Å². The molecule has 0 unspecified atom stereocenters. The zero-order valence-corrected chi connectivity index (χ0v) is 5.11. The van der Waals surface area contributed by atoms with E-state index in [4.69, 9.17) is 16.3 Å². The first-order chi connectivity index (χ1) is 3.41. The van der Waals surface area contributed by atoms with Crippen molar-refractivity contribution in [1.29, 1.82) is 0 Å². The van der Waals surface area contributed by atoms with Gasteiger partial charge in [-0.2, -0.15) is 0 Å². The second-order valence-electron chi connectivity index (χ2n) is 1.02. The Morgan fingerprint density at radius 2 is 2.43 bits per heavy atom. The van der Waals surface area contributed by atoms with Crippen molar-refractivity contribution in [1.82, 2.24) is 0 Å². The summed E-state index contributed by atoms with van der Waals surface area (Å²) in [4.78, 5) is 0. The highest BCUT2D eigenvalue weighted by Gasteiger charge is 1.70. The van der Waals surface area contributed by atoms with E-state index in [-0.39, 0.29) is 0 Å². The Balaban J connectivity index is 2.69. The van der Waals surface area contributed by atoms with Crippen molar-refractivity contribution in [2.75, 3.05) is 13.2 Å². The molecule has 0 aliphatic heterocycles. The van der Waals surface area contributed by atoms with Gasteiger partial charge in [0, 0.05) is 12.1 Å². The molecule has 0 aromatic rings. The van der Waals surface area contributed by atoms with Gasteiger partial charge in [-0.15, -0.1) is 0 Å². The van der Waals surface area contributed by atoms with E-state index in [2.05, 4.69) is 0 Å². The highest BCUT2D eigenvalue weighted by atomic mass is 35.5. The predicted molar refractivity (Wildman–Crippen MR) is 31.5 cm³/mol. The van der Waals surface area contributed by atoms with Gasteiger partial charge >= 0.3 is 0 Å². The Hall–Kier alpha value is -0.0100. The average Bonchev–Trinajstić information content (AvgIpc) is 1.69. The zero-order chi connectivity index (χ0) is 5.54. The highest BCUT2D eigenvalue weighted by Crippen LogP contribution is 1.78. The van der Waals surface area contributed by atoms with Crippen LogP contribution in [0, 0.1) is 0 Å². The van der Waals surface area contributed by atoms with Gasteiger partial charge < -0.3 is 4.74 Å². The van der Waals surface area contributed by atoms with Crippen molar-refractivity contribution >= 4 is 11.6 Å². The zero-order valence-electron chi connectivity index (χ0n) is 4.36. The molecule has 1 nitrogen and oxygen atoms in total. The van der Waals surface area contributed by atoms with Crippen molar-refractivity contribution in [2.24, 2.45) is 0 Å². The summed E-state index contributed by atoms with van der Waals surface area (Å²) in [5, 5.41) is 0. The lowest BCUT2D eigenvalue weighted by atomic mass is 10.7. The molecule has 0 aliphatic carbocycles. The van der Waals surface area contributed by atoms with Gasteiger partial charge in [-0.25, -0.2) is 0 Å². The van der Waals surface area contributed by atoms with Gasteiger partial charge in [-0.1, -0.05) is 11.6 Å². The van der Waals surface area contributed by atoms with E-state index < -0.39 is 0 Å². The summed E-state index contributed by atoms with van der Waals surface area (Å²) in [6.07, 6.45) is 1.76. The van der Waals surface area contributed by atoms with Gasteiger partial charge in [0.05, 0.1) is 6.61 Å². The maximum atomic E-state index is 5.18.